The van der Waals surface area contributed by atoms with Crippen molar-refractivity contribution >= 4 is 5.82 Å². The third kappa shape index (κ3) is 4.25. The van der Waals surface area contributed by atoms with Gasteiger partial charge in [-0.2, -0.15) is 0 Å². The average molecular weight is 384 g/mol. The summed E-state index contributed by atoms with van der Waals surface area (Å²) in [5.41, 5.74) is 2.12. The maximum absolute atomic E-state index is 12.0. The van der Waals surface area contributed by atoms with Crippen LogP contribution in [-0.4, -0.2) is 54.0 Å². The summed E-state index contributed by atoms with van der Waals surface area (Å²) in [6.07, 6.45) is 5.27. The monoisotopic (exact) mass is 384 g/mol. The Bertz CT molecular complexity index is 851. The molecule has 4 heterocycles. The van der Waals surface area contributed by atoms with E-state index in [1.54, 1.807) is 13.1 Å². The number of nitrogens with zero attached hydrogens (tertiary/aromatic N) is 3. The van der Waals surface area contributed by atoms with Crippen LogP contribution in [0.3, 0.4) is 0 Å². The molecule has 0 saturated carbocycles. The van der Waals surface area contributed by atoms with E-state index >= 15 is 0 Å². The van der Waals surface area contributed by atoms with Gasteiger partial charge in [0.2, 0.25) is 0 Å². The fraction of sp³-hybridized carbons (Fsp3) is 0.571. The Morgan fingerprint density at radius 2 is 2.07 bits per heavy atom. The van der Waals surface area contributed by atoms with Crippen LogP contribution in [-0.2, 0) is 9.47 Å². The maximum Gasteiger partial charge on any atom is 0.254 e. The zero-order valence-corrected chi connectivity index (χ0v) is 16.6. The highest BCUT2D eigenvalue weighted by molar-refractivity contribution is 5.56. The second-order valence-electron chi connectivity index (χ2n) is 7.78. The summed E-state index contributed by atoms with van der Waals surface area (Å²) >= 11 is 0. The zero-order valence-electron chi connectivity index (χ0n) is 16.6. The summed E-state index contributed by atoms with van der Waals surface area (Å²) in [6.45, 7) is 8.05. The third-order valence-corrected chi connectivity index (χ3v) is 5.77. The van der Waals surface area contributed by atoms with Crippen LogP contribution in [0.4, 0.5) is 5.82 Å². The third-order valence-electron chi connectivity index (χ3n) is 5.77. The molecule has 2 aliphatic heterocycles. The van der Waals surface area contributed by atoms with Gasteiger partial charge in [0.25, 0.3) is 5.56 Å². The molecule has 2 fully saturated rings. The van der Waals surface area contributed by atoms with Gasteiger partial charge >= 0.3 is 0 Å². The first-order valence-corrected chi connectivity index (χ1v) is 10.1. The van der Waals surface area contributed by atoms with E-state index in [9.17, 15) is 4.79 Å². The number of rotatable bonds is 5. The van der Waals surface area contributed by atoms with Crippen molar-refractivity contribution in [2.45, 2.75) is 39.2 Å². The fourth-order valence-corrected chi connectivity index (χ4v) is 3.73. The highest BCUT2D eigenvalue weighted by atomic mass is 16.5. The van der Waals surface area contributed by atoms with Crippen LogP contribution in [0.15, 0.2) is 23.1 Å². The summed E-state index contributed by atoms with van der Waals surface area (Å²) in [7, 11) is 0. The molecule has 0 radical (unpaired) electrons. The lowest BCUT2D eigenvalue weighted by Gasteiger charge is -2.33. The van der Waals surface area contributed by atoms with Crippen LogP contribution in [0.25, 0.3) is 11.4 Å². The van der Waals surface area contributed by atoms with Crippen LogP contribution in [0.2, 0.25) is 0 Å². The van der Waals surface area contributed by atoms with E-state index in [4.69, 9.17) is 9.47 Å². The van der Waals surface area contributed by atoms with Gasteiger partial charge in [-0.15, -0.1) is 0 Å². The molecule has 0 amide bonds. The van der Waals surface area contributed by atoms with E-state index in [-0.39, 0.29) is 5.56 Å². The molecule has 2 aliphatic rings. The molecule has 150 valence electrons. The standard InChI is InChI=1S/C21H28N4O3/c1-14-15(2)23-20(24-21(14)26)17-3-4-19(22-11-17)25-8-5-18(6-9-25)28-13-16-7-10-27-12-16/h3-4,11,16,18H,5-10,12-13H2,1-2H3,(H,23,24,26). The van der Waals surface area contributed by atoms with Gasteiger partial charge in [0.1, 0.15) is 11.6 Å². The number of aryl methyl sites for hydroxylation is 1. The number of pyridine rings is 1. The number of aromatic nitrogens is 3. The minimum atomic E-state index is -0.0992. The second kappa shape index (κ2) is 8.41. The molecule has 0 spiro atoms. The van der Waals surface area contributed by atoms with Crippen LogP contribution >= 0.6 is 0 Å². The molecule has 0 aliphatic carbocycles. The van der Waals surface area contributed by atoms with Gasteiger partial charge in [-0.1, -0.05) is 0 Å². The van der Waals surface area contributed by atoms with Gasteiger partial charge in [-0.3, -0.25) is 4.79 Å². The average Bonchev–Trinajstić information content (AvgIpc) is 3.24. The molecule has 1 N–H and O–H groups in total. The number of aromatic amines is 1. The molecule has 28 heavy (non-hydrogen) atoms. The molecular weight excluding hydrogens is 356 g/mol. The number of nitrogens with one attached hydrogen (secondary N) is 1. The van der Waals surface area contributed by atoms with Crippen molar-refractivity contribution < 1.29 is 9.47 Å². The molecule has 2 aromatic heterocycles. The summed E-state index contributed by atoms with van der Waals surface area (Å²) in [5, 5.41) is 0. The Morgan fingerprint density at radius 1 is 1.25 bits per heavy atom. The second-order valence-corrected chi connectivity index (χ2v) is 7.78. The molecule has 7 heteroatoms. The Hall–Kier alpha value is -2.25. The lowest BCUT2D eigenvalue weighted by molar-refractivity contribution is 0.0131. The van der Waals surface area contributed by atoms with Crippen molar-refractivity contribution in [2.75, 3.05) is 37.8 Å². The predicted molar refractivity (Wildman–Crippen MR) is 108 cm³/mol. The number of piperidine rings is 1. The molecule has 4 rings (SSSR count). The van der Waals surface area contributed by atoms with Crippen molar-refractivity contribution in [1.82, 2.24) is 15.0 Å². The number of anilines is 1. The van der Waals surface area contributed by atoms with Gasteiger partial charge in [-0.25, -0.2) is 9.97 Å². The summed E-state index contributed by atoms with van der Waals surface area (Å²) in [5.74, 6) is 2.09. The summed E-state index contributed by atoms with van der Waals surface area (Å²) < 4.78 is 11.5. The van der Waals surface area contributed by atoms with Gasteiger partial charge in [0.15, 0.2) is 0 Å². The maximum atomic E-state index is 12.0. The van der Waals surface area contributed by atoms with Gasteiger partial charge in [0.05, 0.1) is 19.3 Å². The molecule has 0 aromatic carbocycles. The Labute approximate surface area is 165 Å². The van der Waals surface area contributed by atoms with Crippen molar-refractivity contribution in [2.24, 2.45) is 5.92 Å². The van der Waals surface area contributed by atoms with E-state index in [1.165, 1.54) is 0 Å². The van der Waals surface area contributed by atoms with Crippen LogP contribution < -0.4 is 10.5 Å². The molecule has 1 atom stereocenters. The number of H-pyrrole nitrogens is 1. The molecule has 1 unspecified atom stereocenters. The van der Waals surface area contributed by atoms with Gasteiger partial charge in [0, 0.05) is 48.6 Å². The van der Waals surface area contributed by atoms with Gasteiger partial charge in [-0.05, 0) is 45.2 Å². The van der Waals surface area contributed by atoms with Crippen molar-refractivity contribution in [3.8, 4) is 11.4 Å². The normalized spacial score (nSPS) is 20.6. The number of hydrogen-bond donors (Lipinski definition) is 1. The van der Waals surface area contributed by atoms with Crippen molar-refractivity contribution in [3.05, 3.63) is 39.9 Å². The molecule has 0 bridgehead atoms. The first-order valence-electron chi connectivity index (χ1n) is 10.1. The van der Waals surface area contributed by atoms with Gasteiger partial charge < -0.3 is 19.4 Å². The van der Waals surface area contributed by atoms with E-state index in [2.05, 4.69) is 19.9 Å². The fourth-order valence-electron chi connectivity index (χ4n) is 3.73. The van der Waals surface area contributed by atoms with Crippen LogP contribution in [0, 0.1) is 19.8 Å². The number of ether oxygens (including phenoxy) is 2. The minimum Gasteiger partial charge on any atom is -0.381 e. The summed E-state index contributed by atoms with van der Waals surface area (Å²) in [6, 6.07) is 3.97. The Kier molecular flexibility index (Phi) is 5.73. The van der Waals surface area contributed by atoms with E-state index in [1.807, 2.05) is 19.1 Å². The summed E-state index contributed by atoms with van der Waals surface area (Å²) in [4.78, 5) is 26.2. The first kappa shape index (κ1) is 19.1. The number of hydrogen-bond acceptors (Lipinski definition) is 6. The van der Waals surface area contributed by atoms with Crippen molar-refractivity contribution in [3.63, 3.8) is 0 Å². The topological polar surface area (TPSA) is 80.3 Å². The smallest absolute Gasteiger partial charge is 0.254 e. The van der Waals surface area contributed by atoms with E-state index in [0.29, 0.717) is 23.4 Å². The Balaban J connectivity index is 1.34. The lowest BCUT2D eigenvalue weighted by Crippen LogP contribution is -2.38. The van der Waals surface area contributed by atoms with Crippen LogP contribution in [0.5, 0.6) is 0 Å². The Morgan fingerprint density at radius 3 is 2.71 bits per heavy atom. The highest BCUT2D eigenvalue weighted by Crippen LogP contribution is 2.23. The largest absolute Gasteiger partial charge is 0.381 e. The predicted octanol–water partition coefficient (Wildman–Crippen LogP) is 2.47. The first-order chi connectivity index (χ1) is 13.6. The zero-order chi connectivity index (χ0) is 19.5. The molecular formula is C21H28N4O3. The molecule has 2 saturated heterocycles. The lowest BCUT2D eigenvalue weighted by atomic mass is 10.1. The SMILES string of the molecule is Cc1nc(-c2ccc(N3CCC(OCC4CCOC4)CC3)nc2)[nH]c(=O)c1C. The van der Waals surface area contributed by atoms with Crippen LogP contribution in [0.1, 0.15) is 30.5 Å². The minimum absolute atomic E-state index is 0.0992. The van der Waals surface area contributed by atoms with Crippen molar-refractivity contribution in [1.29, 1.82) is 0 Å². The highest BCUT2D eigenvalue weighted by Gasteiger charge is 2.23. The quantitative estimate of drug-likeness (QED) is 0.853. The van der Waals surface area contributed by atoms with E-state index < -0.39 is 0 Å². The van der Waals surface area contributed by atoms with E-state index in [0.717, 1.165) is 69.2 Å². The molecule has 7 nitrogen and oxygen atoms in total. The molecule has 2 aromatic rings.